The third-order valence-electron chi connectivity index (χ3n) is 6.47. The van der Waals surface area contributed by atoms with Crippen LogP contribution in [0.4, 0.5) is 0 Å². The van der Waals surface area contributed by atoms with Crippen molar-refractivity contribution >= 4 is 12.4 Å². The molecule has 0 aliphatic rings. The van der Waals surface area contributed by atoms with Crippen molar-refractivity contribution in [3.63, 3.8) is 0 Å². The minimum atomic E-state index is -0.370. The highest BCUT2D eigenvalue weighted by Crippen LogP contribution is 2.27. The summed E-state index contributed by atoms with van der Waals surface area (Å²) in [5.41, 5.74) is 6.53. The van der Waals surface area contributed by atoms with Gasteiger partial charge in [-0.15, -0.1) is 0 Å². The highest BCUT2D eigenvalue weighted by atomic mass is 16.5. The Kier molecular flexibility index (Phi) is 18.0. The molecule has 0 saturated heterocycles. The second-order valence-electron chi connectivity index (χ2n) is 11.2. The molecule has 0 aliphatic carbocycles. The number of hydrogen-bond acceptors (Lipinski definition) is 6. The first-order chi connectivity index (χ1) is 19.6. The number of unbranched alkanes of at least 4 members (excludes halogenated alkanes) is 2. The Morgan fingerprint density at radius 1 is 0.854 bits per heavy atom. The van der Waals surface area contributed by atoms with E-state index in [1.807, 2.05) is 40.0 Å². The Labute approximate surface area is 249 Å². The smallest absolute Gasteiger partial charge is 0.334 e. The molecular formula is C35H52N2O4. The van der Waals surface area contributed by atoms with E-state index in [0.717, 1.165) is 24.1 Å². The summed E-state index contributed by atoms with van der Waals surface area (Å²) < 4.78 is 10.4. The molecule has 0 N–H and O–H groups in total. The fourth-order valence-corrected chi connectivity index (χ4v) is 4.51. The molecule has 0 aromatic heterocycles. The Balaban J connectivity index is 0.00000106. The number of nitrogens with zero attached hydrogens (tertiary/aromatic N) is 2. The molecule has 0 amide bonds. The Morgan fingerprint density at radius 2 is 1.41 bits per heavy atom. The lowest BCUT2D eigenvalue weighted by Gasteiger charge is -2.18. The molecule has 2 aromatic carbocycles. The van der Waals surface area contributed by atoms with E-state index >= 15 is 0 Å². The monoisotopic (exact) mass is 564 g/mol. The van der Waals surface area contributed by atoms with Gasteiger partial charge in [0.15, 0.2) is 0 Å². The summed E-state index contributed by atoms with van der Waals surface area (Å²) in [6, 6.07) is 17.3. The Hall–Kier alpha value is -3.22. The van der Waals surface area contributed by atoms with Crippen molar-refractivity contribution in [1.29, 1.82) is 0 Å². The van der Waals surface area contributed by atoms with E-state index in [0.29, 0.717) is 38.0 Å². The standard InChI is InChI=1S/C29H39NO4.C6H13N/c1-5-6-7-8-24-9-11-25(12-10-24)26-13-15-27(16-14-26)28(17-19-33-22-31)18-20-34-29(32)23(2)21-30(3)4;1-6(2)5-7(3)4/h9-16,22,28H,2,5-8,17-21H2,1,3-4H3;1,5H2,2-4H3. The normalized spacial score (nSPS) is 11.4. The van der Waals surface area contributed by atoms with Gasteiger partial charge < -0.3 is 19.3 Å². The van der Waals surface area contributed by atoms with Crippen LogP contribution in [0.15, 0.2) is 72.8 Å². The zero-order chi connectivity index (χ0) is 30.6. The SMILES string of the molecule is C=C(C)CN(C)C.C=C(CN(C)C)C(=O)OCCC(CCOC=O)c1ccc(-c2ccc(CCCCC)cc2)cc1. The third-order valence-corrected chi connectivity index (χ3v) is 6.47. The topological polar surface area (TPSA) is 59.1 Å². The first-order valence-electron chi connectivity index (χ1n) is 14.6. The van der Waals surface area contributed by atoms with Crippen LogP contribution >= 0.6 is 0 Å². The number of aryl methyl sites for hydroxylation is 1. The molecule has 0 bridgehead atoms. The van der Waals surface area contributed by atoms with E-state index in [1.54, 1.807) is 0 Å². The highest BCUT2D eigenvalue weighted by Gasteiger charge is 2.15. The predicted molar refractivity (Wildman–Crippen MR) is 171 cm³/mol. The summed E-state index contributed by atoms with van der Waals surface area (Å²) in [5.74, 6) is -0.255. The molecule has 1 unspecified atom stereocenters. The van der Waals surface area contributed by atoms with Gasteiger partial charge in [-0.1, -0.05) is 87.0 Å². The lowest BCUT2D eigenvalue weighted by atomic mass is 9.91. The summed E-state index contributed by atoms with van der Waals surface area (Å²) in [4.78, 5) is 26.7. The van der Waals surface area contributed by atoms with Gasteiger partial charge >= 0.3 is 5.97 Å². The predicted octanol–water partition coefficient (Wildman–Crippen LogP) is 6.91. The second-order valence-corrected chi connectivity index (χ2v) is 11.2. The van der Waals surface area contributed by atoms with Gasteiger partial charge in [-0.2, -0.15) is 0 Å². The summed E-state index contributed by atoms with van der Waals surface area (Å²) in [6.45, 7) is 14.4. The van der Waals surface area contributed by atoms with Crippen molar-refractivity contribution in [3.8, 4) is 11.1 Å². The molecule has 1 atom stereocenters. The van der Waals surface area contributed by atoms with Crippen LogP contribution in [0.25, 0.3) is 11.1 Å². The van der Waals surface area contributed by atoms with Crippen LogP contribution in [-0.4, -0.2) is 76.7 Å². The van der Waals surface area contributed by atoms with E-state index in [4.69, 9.17) is 9.47 Å². The van der Waals surface area contributed by atoms with Crippen molar-refractivity contribution in [2.24, 2.45) is 0 Å². The number of carbonyl (C=O) groups excluding carboxylic acids is 2. The summed E-state index contributed by atoms with van der Waals surface area (Å²) in [5, 5.41) is 0. The van der Waals surface area contributed by atoms with E-state index in [2.05, 4.69) is 73.5 Å². The maximum atomic E-state index is 12.1. The summed E-state index contributed by atoms with van der Waals surface area (Å²) in [7, 11) is 7.84. The van der Waals surface area contributed by atoms with Crippen LogP contribution in [0.1, 0.15) is 63.0 Å². The zero-order valence-corrected chi connectivity index (χ0v) is 26.3. The van der Waals surface area contributed by atoms with Crippen LogP contribution in [0, 0.1) is 0 Å². The molecule has 0 radical (unpaired) electrons. The molecular weight excluding hydrogens is 512 g/mol. The largest absolute Gasteiger partial charge is 0.468 e. The zero-order valence-electron chi connectivity index (χ0n) is 26.3. The van der Waals surface area contributed by atoms with Crippen molar-refractivity contribution in [1.82, 2.24) is 9.80 Å². The maximum absolute atomic E-state index is 12.1. The average molecular weight is 565 g/mol. The molecule has 0 aliphatic heterocycles. The molecule has 0 saturated carbocycles. The fourth-order valence-electron chi connectivity index (χ4n) is 4.51. The van der Waals surface area contributed by atoms with E-state index in [9.17, 15) is 9.59 Å². The number of benzene rings is 2. The third kappa shape index (κ3) is 16.0. The van der Waals surface area contributed by atoms with Gasteiger partial charge in [0, 0.05) is 18.7 Å². The molecule has 0 fully saturated rings. The number of carbonyl (C=O) groups is 2. The number of rotatable bonds is 18. The van der Waals surface area contributed by atoms with Crippen molar-refractivity contribution in [2.75, 3.05) is 54.5 Å². The molecule has 0 spiro atoms. The molecule has 41 heavy (non-hydrogen) atoms. The second kappa shape index (κ2) is 20.6. The summed E-state index contributed by atoms with van der Waals surface area (Å²) in [6.07, 6.45) is 6.19. The van der Waals surface area contributed by atoms with E-state index in [-0.39, 0.29) is 18.5 Å². The number of esters is 1. The number of hydrogen-bond donors (Lipinski definition) is 0. The van der Waals surface area contributed by atoms with Gasteiger partial charge in [-0.3, -0.25) is 4.79 Å². The van der Waals surface area contributed by atoms with Gasteiger partial charge in [0.05, 0.1) is 13.2 Å². The summed E-state index contributed by atoms with van der Waals surface area (Å²) >= 11 is 0. The highest BCUT2D eigenvalue weighted by molar-refractivity contribution is 5.88. The van der Waals surface area contributed by atoms with Crippen LogP contribution < -0.4 is 0 Å². The minimum Gasteiger partial charge on any atom is -0.468 e. The first kappa shape index (κ1) is 35.8. The van der Waals surface area contributed by atoms with Gasteiger partial charge in [-0.25, -0.2) is 4.79 Å². The molecule has 6 heteroatoms. The van der Waals surface area contributed by atoms with Crippen molar-refractivity contribution in [2.45, 2.75) is 58.3 Å². The Morgan fingerprint density at radius 3 is 1.90 bits per heavy atom. The van der Waals surface area contributed by atoms with Gasteiger partial charge in [0.2, 0.25) is 0 Å². The van der Waals surface area contributed by atoms with Crippen LogP contribution in [0.3, 0.4) is 0 Å². The molecule has 0 heterocycles. The average Bonchev–Trinajstić information content (AvgIpc) is 2.92. The Bertz CT molecular complexity index is 1040. The quantitative estimate of drug-likeness (QED) is 0.0645. The van der Waals surface area contributed by atoms with Crippen LogP contribution in [-0.2, 0) is 25.5 Å². The molecule has 226 valence electrons. The van der Waals surface area contributed by atoms with Crippen molar-refractivity contribution < 1.29 is 19.1 Å². The van der Waals surface area contributed by atoms with Gasteiger partial charge in [0.1, 0.15) is 0 Å². The van der Waals surface area contributed by atoms with Crippen LogP contribution in [0.5, 0.6) is 0 Å². The van der Waals surface area contributed by atoms with Crippen molar-refractivity contribution in [3.05, 3.63) is 84.0 Å². The van der Waals surface area contributed by atoms with Gasteiger partial charge in [-0.05, 0) is 89.0 Å². The lowest BCUT2D eigenvalue weighted by molar-refractivity contribution is -0.139. The fraction of sp³-hybridized carbons (Fsp3) is 0.486. The minimum absolute atomic E-state index is 0.116. The van der Waals surface area contributed by atoms with E-state index in [1.165, 1.54) is 36.0 Å². The first-order valence-corrected chi connectivity index (χ1v) is 14.6. The number of likely N-dealkylation sites (N-methyl/N-ethyl adjacent to an activating group) is 2. The maximum Gasteiger partial charge on any atom is 0.334 e. The molecule has 2 rings (SSSR count). The number of ether oxygens (including phenoxy) is 2. The molecule has 6 nitrogen and oxygen atoms in total. The van der Waals surface area contributed by atoms with Crippen LogP contribution in [0.2, 0.25) is 0 Å². The molecule has 2 aromatic rings. The lowest BCUT2D eigenvalue weighted by Crippen LogP contribution is -2.21. The van der Waals surface area contributed by atoms with E-state index < -0.39 is 0 Å². The van der Waals surface area contributed by atoms with Gasteiger partial charge in [0.25, 0.3) is 6.47 Å².